The number of ether oxygens (including phenoxy) is 1. The van der Waals surface area contributed by atoms with E-state index in [0.29, 0.717) is 6.54 Å². The minimum Gasteiger partial charge on any atom is -0.340 e. The van der Waals surface area contributed by atoms with E-state index in [4.69, 9.17) is 4.74 Å². The van der Waals surface area contributed by atoms with E-state index >= 15 is 0 Å². The fraction of sp³-hybridized carbons (Fsp3) is 0.529. The summed E-state index contributed by atoms with van der Waals surface area (Å²) in [5, 5.41) is 0. The second kappa shape index (κ2) is 3.55. The highest BCUT2D eigenvalue weighted by molar-refractivity contribution is 5.98. The Hall–Kier alpha value is -1.68. The van der Waals surface area contributed by atoms with E-state index in [2.05, 4.69) is 0 Å². The lowest BCUT2D eigenvalue weighted by atomic mass is 9.76. The molecule has 6 unspecified atom stereocenters. The minimum absolute atomic E-state index is 0.0976. The molecule has 4 heteroatoms. The van der Waals surface area contributed by atoms with Gasteiger partial charge in [-0.1, -0.05) is 30.3 Å². The van der Waals surface area contributed by atoms with Crippen LogP contribution in [0.3, 0.4) is 0 Å². The van der Waals surface area contributed by atoms with Crippen LogP contribution in [-0.4, -0.2) is 29.2 Å². The molecule has 4 fully saturated rings. The van der Waals surface area contributed by atoms with Gasteiger partial charge in [-0.2, -0.15) is 0 Å². The van der Waals surface area contributed by atoms with Gasteiger partial charge in [0.1, 0.15) is 6.10 Å². The predicted octanol–water partition coefficient (Wildman–Crippen LogP) is 1.55. The molecule has 1 amide bonds. The van der Waals surface area contributed by atoms with Crippen LogP contribution in [0, 0.1) is 23.7 Å². The van der Waals surface area contributed by atoms with Crippen LogP contribution < -0.4 is 0 Å². The molecule has 4 aliphatic rings. The first-order valence-corrected chi connectivity index (χ1v) is 7.78. The molecule has 0 N–H and O–H groups in total. The third-order valence-corrected chi connectivity index (χ3v) is 6.06. The van der Waals surface area contributed by atoms with Crippen molar-refractivity contribution >= 4 is 11.7 Å². The standard InChI is InChI=1S/C17H17NO3/c1-2-18-16(20)12-10-8-11-13(12)17(18,21-15(11)14(10)19)9-6-4-3-5-7-9/h3-7,10-13,15H,2,8H2,1H3. The molecule has 1 aromatic carbocycles. The number of likely N-dealkylation sites (tertiary alicyclic amines) is 1. The number of carbonyl (C=O) groups is 2. The van der Waals surface area contributed by atoms with Crippen LogP contribution in [0.5, 0.6) is 0 Å². The van der Waals surface area contributed by atoms with Crippen LogP contribution in [0.15, 0.2) is 30.3 Å². The van der Waals surface area contributed by atoms with E-state index in [9.17, 15) is 9.59 Å². The van der Waals surface area contributed by atoms with Crippen molar-refractivity contribution < 1.29 is 14.3 Å². The second-order valence-electron chi connectivity index (χ2n) is 6.64. The maximum absolute atomic E-state index is 12.9. The molecule has 2 saturated carbocycles. The van der Waals surface area contributed by atoms with Crippen molar-refractivity contribution in [1.82, 2.24) is 4.90 Å². The van der Waals surface area contributed by atoms with Crippen molar-refractivity contribution in [3.05, 3.63) is 35.9 Å². The third kappa shape index (κ3) is 1.08. The molecule has 2 bridgehead atoms. The average Bonchev–Trinajstić information content (AvgIpc) is 3.16. The first-order valence-electron chi connectivity index (χ1n) is 7.78. The number of ketones is 1. The van der Waals surface area contributed by atoms with Crippen molar-refractivity contribution in [3.8, 4) is 0 Å². The Labute approximate surface area is 123 Å². The highest BCUT2D eigenvalue weighted by Gasteiger charge is 2.78. The number of hydrogen-bond acceptors (Lipinski definition) is 3. The van der Waals surface area contributed by atoms with Crippen molar-refractivity contribution in [2.45, 2.75) is 25.2 Å². The number of carbonyl (C=O) groups excluding carboxylic acids is 2. The number of amides is 1. The van der Waals surface area contributed by atoms with E-state index in [0.717, 1.165) is 12.0 Å². The molecule has 2 aliphatic heterocycles. The quantitative estimate of drug-likeness (QED) is 0.827. The summed E-state index contributed by atoms with van der Waals surface area (Å²) < 4.78 is 6.35. The van der Waals surface area contributed by atoms with Crippen LogP contribution in [0.25, 0.3) is 0 Å². The molecule has 2 saturated heterocycles. The molecular formula is C17H17NO3. The maximum Gasteiger partial charge on any atom is 0.229 e. The number of fused-ring (bicyclic) bond motifs is 2. The van der Waals surface area contributed by atoms with Gasteiger partial charge in [0.25, 0.3) is 0 Å². The van der Waals surface area contributed by atoms with E-state index in [-0.39, 0.29) is 41.5 Å². The summed E-state index contributed by atoms with van der Waals surface area (Å²) in [6.07, 6.45) is 0.551. The molecule has 0 aromatic heterocycles. The predicted molar refractivity (Wildman–Crippen MR) is 74.0 cm³/mol. The molecule has 2 heterocycles. The highest BCUT2D eigenvalue weighted by atomic mass is 16.5. The van der Waals surface area contributed by atoms with Crippen molar-refractivity contribution in [2.24, 2.45) is 23.7 Å². The first kappa shape index (κ1) is 11.9. The molecule has 2 aliphatic carbocycles. The van der Waals surface area contributed by atoms with Gasteiger partial charge in [-0.25, -0.2) is 0 Å². The van der Waals surface area contributed by atoms with Gasteiger partial charge in [-0.15, -0.1) is 0 Å². The van der Waals surface area contributed by atoms with Crippen molar-refractivity contribution in [1.29, 1.82) is 0 Å². The van der Waals surface area contributed by atoms with Crippen LogP contribution >= 0.6 is 0 Å². The number of Topliss-reactive ketones (excluding diaryl/α,β-unsaturated/α-hetero) is 1. The number of nitrogens with zero attached hydrogens (tertiary/aromatic N) is 1. The largest absolute Gasteiger partial charge is 0.340 e. The lowest BCUT2D eigenvalue weighted by Gasteiger charge is -2.38. The zero-order chi connectivity index (χ0) is 14.4. The Morgan fingerprint density at radius 1 is 1.29 bits per heavy atom. The third-order valence-electron chi connectivity index (χ3n) is 6.06. The van der Waals surface area contributed by atoms with E-state index in [1.54, 1.807) is 0 Å². The maximum atomic E-state index is 12.9. The Morgan fingerprint density at radius 2 is 2.05 bits per heavy atom. The summed E-state index contributed by atoms with van der Waals surface area (Å²) >= 11 is 0. The molecule has 0 radical (unpaired) electrons. The molecule has 21 heavy (non-hydrogen) atoms. The van der Waals surface area contributed by atoms with Gasteiger partial charge in [-0.05, 0) is 13.3 Å². The molecule has 0 spiro atoms. The van der Waals surface area contributed by atoms with Gasteiger partial charge in [0.05, 0.1) is 5.92 Å². The van der Waals surface area contributed by atoms with Gasteiger partial charge >= 0.3 is 0 Å². The smallest absolute Gasteiger partial charge is 0.229 e. The minimum atomic E-state index is -0.700. The van der Waals surface area contributed by atoms with Crippen LogP contribution in [0.4, 0.5) is 0 Å². The lowest BCUT2D eigenvalue weighted by molar-refractivity contribution is -0.173. The number of rotatable bonds is 2. The van der Waals surface area contributed by atoms with Gasteiger partial charge in [0.2, 0.25) is 5.91 Å². The fourth-order valence-corrected chi connectivity index (χ4v) is 5.48. The molecular weight excluding hydrogens is 266 g/mol. The number of hydrogen-bond donors (Lipinski definition) is 0. The van der Waals surface area contributed by atoms with Gasteiger partial charge in [-0.3, -0.25) is 9.59 Å². The topological polar surface area (TPSA) is 46.6 Å². The lowest BCUT2D eigenvalue weighted by Crippen LogP contribution is -2.48. The summed E-state index contributed by atoms with van der Waals surface area (Å²) in [5.41, 5.74) is 0.323. The van der Waals surface area contributed by atoms with Gasteiger partial charge in [0.15, 0.2) is 11.5 Å². The zero-order valence-corrected chi connectivity index (χ0v) is 11.9. The van der Waals surface area contributed by atoms with Crippen LogP contribution in [0.2, 0.25) is 0 Å². The first-order chi connectivity index (χ1) is 10.2. The van der Waals surface area contributed by atoms with Gasteiger partial charge in [0, 0.05) is 29.9 Å². The monoisotopic (exact) mass is 283 g/mol. The zero-order valence-electron chi connectivity index (χ0n) is 11.9. The fourth-order valence-electron chi connectivity index (χ4n) is 5.48. The Kier molecular flexibility index (Phi) is 2.02. The summed E-state index contributed by atoms with van der Waals surface area (Å²) in [5.74, 6) is 0.419. The molecule has 108 valence electrons. The van der Waals surface area contributed by atoms with E-state index < -0.39 is 5.72 Å². The summed E-state index contributed by atoms with van der Waals surface area (Å²) in [4.78, 5) is 27.2. The van der Waals surface area contributed by atoms with Gasteiger partial charge < -0.3 is 9.64 Å². The van der Waals surface area contributed by atoms with Crippen molar-refractivity contribution in [2.75, 3.05) is 6.54 Å². The molecule has 1 aromatic rings. The normalized spacial score (nSPS) is 46.0. The highest BCUT2D eigenvalue weighted by Crippen LogP contribution is 2.69. The Bertz CT molecular complexity index is 657. The van der Waals surface area contributed by atoms with Crippen LogP contribution in [-0.2, 0) is 20.1 Å². The molecule has 4 nitrogen and oxygen atoms in total. The molecule has 6 atom stereocenters. The number of benzene rings is 1. The van der Waals surface area contributed by atoms with Crippen molar-refractivity contribution in [3.63, 3.8) is 0 Å². The van der Waals surface area contributed by atoms with E-state index in [1.807, 2.05) is 42.2 Å². The SMILES string of the molecule is CCN1C(=O)C2C3CC4C(OC1(c1ccccc1)C42)C3=O. The molecule has 5 rings (SSSR count). The van der Waals surface area contributed by atoms with Crippen LogP contribution in [0.1, 0.15) is 18.9 Å². The second-order valence-corrected chi connectivity index (χ2v) is 6.64. The Balaban J connectivity index is 1.77. The summed E-state index contributed by atoms with van der Waals surface area (Å²) in [6.45, 7) is 2.62. The average molecular weight is 283 g/mol. The summed E-state index contributed by atoms with van der Waals surface area (Å²) in [7, 11) is 0. The summed E-state index contributed by atoms with van der Waals surface area (Å²) in [6, 6.07) is 9.99. The Morgan fingerprint density at radius 3 is 2.76 bits per heavy atom. The van der Waals surface area contributed by atoms with E-state index in [1.165, 1.54) is 0 Å².